The second kappa shape index (κ2) is 10.8. The standard InChI is InChI=1S/C24H22F3N3O6S2/c1-16(31)17-5-3-8-21(13-17)30(37(2,33)34)15-23(32)28-19-9-11-22(12-10-19)38(35,36)29-20-7-4-6-18(14-20)24(25,26)27/h3-14,29H,15H2,1-2H3,(H,28,32). The summed E-state index contributed by atoms with van der Waals surface area (Å²) in [5, 5.41) is 2.45. The van der Waals surface area contributed by atoms with Gasteiger partial charge in [-0.15, -0.1) is 0 Å². The van der Waals surface area contributed by atoms with E-state index in [2.05, 4.69) is 10.0 Å². The van der Waals surface area contributed by atoms with Gasteiger partial charge in [0.1, 0.15) is 6.54 Å². The molecule has 0 aliphatic rings. The van der Waals surface area contributed by atoms with Gasteiger partial charge in [-0.25, -0.2) is 16.8 Å². The predicted molar refractivity (Wildman–Crippen MR) is 136 cm³/mol. The van der Waals surface area contributed by atoms with E-state index in [0.29, 0.717) is 6.07 Å². The van der Waals surface area contributed by atoms with Gasteiger partial charge in [-0.3, -0.25) is 18.6 Å². The highest BCUT2D eigenvalue weighted by Crippen LogP contribution is 2.31. The molecule has 0 saturated carbocycles. The number of nitrogens with zero attached hydrogens (tertiary/aromatic N) is 1. The first-order chi connectivity index (χ1) is 17.6. The topological polar surface area (TPSA) is 130 Å². The van der Waals surface area contributed by atoms with Crippen LogP contribution < -0.4 is 14.3 Å². The molecular weight excluding hydrogens is 547 g/mol. The Balaban J connectivity index is 1.73. The predicted octanol–water partition coefficient (Wildman–Crippen LogP) is 4.11. The van der Waals surface area contributed by atoms with Crippen molar-refractivity contribution in [3.8, 4) is 0 Å². The lowest BCUT2D eigenvalue weighted by atomic mass is 10.1. The molecule has 2 N–H and O–H groups in total. The minimum atomic E-state index is -4.65. The van der Waals surface area contributed by atoms with Crippen molar-refractivity contribution in [2.24, 2.45) is 0 Å². The number of sulfonamides is 2. The molecule has 0 saturated heterocycles. The maximum Gasteiger partial charge on any atom is 0.416 e. The Morgan fingerprint density at radius 2 is 1.50 bits per heavy atom. The van der Waals surface area contributed by atoms with Crippen LogP contribution in [0.4, 0.5) is 30.2 Å². The lowest BCUT2D eigenvalue weighted by Crippen LogP contribution is -2.37. The third-order valence-electron chi connectivity index (χ3n) is 5.12. The quantitative estimate of drug-likeness (QED) is 0.373. The zero-order valence-corrected chi connectivity index (χ0v) is 21.6. The molecule has 0 fully saturated rings. The van der Waals surface area contributed by atoms with Crippen molar-refractivity contribution in [2.45, 2.75) is 18.0 Å². The van der Waals surface area contributed by atoms with E-state index in [0.717, 1.165) is 34.8 Å². The summed E-state index contributed by atoms with van der Waals surface area (Å²) in [6.07, 6.45) is -3.75. The lowest BCUT2D eigenvalue weighted by Gasteiger charge is -2.22. The van der Waals surface area contributed by atoms with Crippen molar-refractivity contribution >= 4 is 48.8 Å². The summed E-state index contributed by atoms with van der Waals surface area (Å²) in [6, 6.07) is 14.2. The normalized spacial score (nSPS) is 12.0. The molecule has 3 rings (SSSR count). The molecule has 1 amide bonds. The van der Waals surface area contributed by atoms with Crippen molar-refractivity contribution < 1.29 is 39.6 Å². The number of hydrogen-bond donors (Lipinski definition) is 2. The average Bonchev–Trinajstić information content (AvgIpc) is 2.81. The van der Waals surface area contributed by atoms with E-state index >= 15 is 0 Å². The van der Waals surface area contributed by atoms with Gasteiger partial charge in [0.05, 0.1) is 22.4 Å². The number of Topliss-reactive ketones (excluding diaryl/α,β-unsaturated/α-hetero) is 1. The van der Waals surface area contributed by atoms with E-state index in [1.807, 2.05) is 0 Å². The van der Waals surface area contributed by atoms with E-state index in [4.69, 9.17) is 0 Å². The van der Waals surface area contributed by atoms with Gasteiger partial charge in [0.15, 0.2) is 5.78 Å². The van der Waals surface area contributed by atoms with Crippen LogP contribution in [0.5, 0.6) is 0 Å². The van der Waals surface area contributed by atoms with Gasteiger partial charge >= 0.3 is 6.18 Å². The number of rotatable bonds is 9. The molecule has 0 aromatic heterocycles. The average molecular weight is 570 g/mol. The first-order valence-electron chi connectivity index (χ1n) is 10.7. The van der Waals surface area contributed by atoms with Gasteiger partial charge in [-0.05, 0) is 61.5 Å². The summed E-state index contributed by atoms with van der Waals surface area (Å²) in [6.45, 7) is 0.687. The summed E-state index contributed by atoms with van der Waals surface area (Å²) in [5.74, 6) is -1.04. The van der Waals surface area contributed by atoms with Gasteiger partial charge in [0.25, 0.3) is 10.0 Å². The van der Waals surface area contributed by atoms with Crippen LogP contribution in [0.25, 0.3) is 0 Å². The van der Waals surface area contributed by atoms with Crippen LogP contribution in [-0.4, -0.2) is 41.3 Å². The Morgan fingerprint density at radius 1 is 0.868 bits per heavy atom. The molecule has 14 heteroatoms. The van der Waals surface area contributed by atoms with Crippen LogP contribution in [-0.2, 0) is 31.0 Å². The Labute approximate surface area is 217 Å². The third-order valence-corrected chi connectivity index (χ3v) is 7.66. The highest BCUT2D eigenvalue weighted by Gasteiger charge is 2.30. The molecule has 0 heterocycles. The number of alkyl halides is 3. The zero-order chi connectivity index (χ0) is 28.3. The third kappa shape index (κ3) is 7.32. The van der Waals surface area contributed by atoms with Gasteiger partial charge in [-0.2, -0.15) is 13.2 Å². The minimum Gasteiger partial charge on any atom is -0.325 e. The highest BCUT2D eigenvalue weighted by atomic mass is 32.2. The van der Waals surface area contributed by atoms with Crippen molar-refractivity contribution in [3.63, 3.8) is 0 Å². The fraction of sp³-hybridized carbons (Fsp3) is 0.167. The van der Waals surface area contributed by atoms with Crippen molar-refractivity contribution in [3.05, 3.63) is 83.9 Å². The summed E-state index contributed by atoms with van der Waals surface area (Å²) in [4.78, 5) is 24.0. The van der Waals surface area contributed by atoms with Crippen LogP contribution >= 0.6 is 0 Å². The fourth-order valence-corrected chi connectivity index (χ4v) is 5.20. The Bertz CT molecular complexity index is 1570. The van der Waals surface area contributed by atoms with Crippen molar-refractivity contribution in [2.75, 3.05) is 27.1 Å². The number of ketones is 1. The Hall–Kier alpha value is -3.91. The number of amides is 1. The monoisotopic (exact) mass is 569 g/mol. The van der Waals surface area contributed by atoms with E-state index in [-0.39, 0.29) is 33.3 Å². The highest BCUT2D eigenvalue weighted by molar-refractivity contribution is 7.92. The summed E-state index contributed by atoms with van der Waals surface area (Å²) in [7, 11) is -8.16. The van der Waals surface area contributed by atoms with E-state index in [9.17, 15) is 39.6 Å². The number of benzene rings is 3. The second-order valence-corrected chi connectivity index (χ2v) is 11.7. The van der Waals surface area contributed by atoms with E-state index in [1.54, 1.807) is 0 Å². The lowest BCUT2D eigenvalue weighted by molar-refractivity contribution is -0.137. The van der Waals surface area contributed by atoms with Crippen LogP contribution in [0.1, 0.15) is 22.8 Å². The molecule has 38 heavy (non-hydrogen) atoms. The van der Waals surface area contributed by atoms with Crippen molar-refractivity contribution in [1.82, 2.24) is 0 Å². The van der Waals surface area contributed by atoms with Gasteiger partial charge in [0.2, 0.25) is 15.9 Å². The maximum atomic E-state index is 12.9. The van der Waals surface area contributed by atoms with Crippen LogP contribution in [0.15, 0.2) is 77.7 Å². The summed E-state index contributed by atoms with van der Waals surface area (Å²) >= 11 is 0. The molecule has 3 aromatic rings. The number of carbonyl (C=O) groups excluding carboxylic acids is 2. The van der Waals surface area contributed by atoms with E-state index < -0.39 is 44.2 Å². The molecule has 0 spiro atoms. The molecule has 3 aromatic carbocycles. The first-order valence-corrected chi connectivity index (χ1v) is 14.1. The molecule has 0 unspecified atom stereocenters. The van der Waals surface area contributed by atoms with E-state index in [1.165, 1.54) is 49.4 Å². The number of hydrogen-bond acceptors (Lipinski definition) is 6. The summed E-state index contributed by atoms with van der Waals surface area (Å²) < 4.78 is 91.4. The maximum absolute atomic E-state index is 12.9. The zero-order valence-electron chi connectivity index (χ0n) is 20.0. The number of halogens is 3. The second-order valence-electron chi connectivity index (χ2n) is 8.13. The molecular formula is C24H22F3N3O6S2. The largest absolute Gasteiger partial charge is 0.416 e. The molecule has 0 bridgehead atoms. The molecule has 0 aliphatic carbocycles. The minimum absolute atomic E-state index is 0.109. The SMILES string of the molecule is CC(=O)c1cccc(N(CC(=O)Nc2ccc(S(=O)(=O)Nc3cccc(C(F)(F)F)c3)cc2)S(C)(=O)=O)c1. The first kappa shape index (κ1) is 28.7. The molecule has 9 nitrogen and oxygen atoms in total. The van der Waals surface area contributed by atoms with Crippen LogP contribution in [0.3, 0.4) is 0 Å². The Morgan fingerprint density at radius 3 is 2.08 bits per heavy atom. The number of carbonyl (C=O) groups is 2. The van der Waals surface area contributed by atoms with Crippen LogP contribution in [0.2, 0.25) is 0 Å². The van der Waals surface area contributed by atoms with Crippen molar-refractivity contribution in [1.29, 1.82) is 0 Å². The smallest absolute Gasteiger partial charge is 0.325 e. The van der Waals surface area contributed by atoms with Gasteiger partial charge in [-0.1, -0.05) is 18.2 Å². The Kier molecular flexibility index (Phi) is 8.17. The molecule has 0 radical (unpaired) electrons. The molecule has 0 aliphatic heterocycles. The fourth-order valence-electron chi connectivity index (χ4n) is 3.30. The van der Waals surface area contributed by atoms with Gasteiger partial charge in [0, 0.05) is 16.9 Å². The van der Waals surface area contributed by atoms with Crippen LogP contribution in [0, 0.1) is 0 Å². The summed E-state index contributed by atoms with van der Waals surface area (Å²) in [5.41, 5.74) is -0.803. The number of nitrogens with one attached hydrogen (secondary N) is 2. The molecule has 0 atom stereocenters. The molecule has 202 valence electrons. The number of anilines is 3. The van der Waals surface area contributed by atoms with Gasteiger partial charge < -0.3 is 5.32 Å².